The summed E-state index contributed by atoms with van der Waals surface area (Å²) in [5.74, 6) is 0.401. The van der Waals surface area contributed by atoms with Gasteiger partial charge in [0.25, 0.3) is 0 Å². The predicted molar refractivity (Wildman–Crippen MR) is 90.3 cm³/mol. The molecule has 0 atom stereocenters. The lowest BCUT2D eigenvalue weighted by Gasteiger charge is -2.18. The van der Waals surface area contributed by atoms with Crippen molar-refractivity contribution in [3.8, 4) is 5.75 Å². The maximum absolute atomic E-state index is 11.4. The number of H-pyrrole nitrogens is 1. The molecule has 1 aromatic heterocycles. The minimum absolute atomic E-state index is 0.204. The molecular weight excluding hydrogens is 276 g/mol. The number of ether oxygens (including phenoxy) is 1. The van der Waals surface area contributed by atoms with Crippen LogP contribution in [0.2, 0.25) is 0 Å². The quantitative estimate of drug-likeness (QED) is 0.596. The molecule has 0 fully saturated rings. The van der Waals surface area contributed by atoms with Crippen molar-refractivity contribution in [2.75, 3.05) is 19.6 Å². The SMILES string of the molecule is CCCN(CC)CCc1c[nH]c2cc(OC(=O)CC)ccc12. The van der Waals surface area contributed by atoms with E-state index in [-0.39, 0.29) is 5.97 Å². The van der Waals surface area contributed by atoms with E-state index in [1.165, 1.54) is 17.4 Å². The molecule has 0 bridgehead atoms. The molecule has 2 rings (SSSR count). The fraction of sp³-hybridized carbons (Fsp3) is 0.500. The zero-order chi connectivity index (χ0) is 15.9. The third-order valence-electron chi connectivity index (χ3n) is 3.94. The Balaban J connectivity index is 2.07. The van der Waals surface area contributed by atoms with Gasteiger partial charge in [0.1, 0.15) is 5.75 Å². The van der Waals surface area contributed by atoms with E-state index in [2.05, 4.69) is 29.9 Å². The second-order valence-electron chi connectivity index (χ2n) is 5.53. The van der Waals surface area contributed by atoms with Gasteiger partial charge in [-0.05, 0) is 43.6 Å². The summed E-state index contributed by atoms with van der Waals surface area (Å²) in [5, 5.41) is 1.21. The number of fused-ring (bicyclic) bond motifs is 1. The minimum Gasteiger partial charge on any atom is -0.426 e. The average molecular weight is 302 g/mol. The van der Waals surface area contributed by atoms with Crippen molar-refractivity contribution in [2.24, 2.45) is 0 Å². The first-order valence-corrected chi connectivity index (χ1v) is 8.20. The lowest BCUT2D eigenvalue weighted by molar-refractivity contribution is -0.134. The van der Waals surface area contributed by atoms with Crippen molar-refractivity contribution in [3.63, 3.8) is 0 Å². The van der Waals surface area contributed by atoms with Gasteiger partial charge in [-0.15, -0.1) is 0 Å². The molecule has 0 radical (unpaired) electrons. The summed E-state index contributed by atoms with van der Waals surface area (Å²) in [4.78, 5) is 17.1. The van der Waals surface area contributed by atoms with Crippen LogP contribution < -0.4 is 4.74 Å². The van der Waals surface area contributed by atoms with Crippen molar-refractivity contribution < 1.29 is 9.53 Å². The Labute approximate surface area is 132 Å². The van der Waals surface area contributed by atoms with Crippen molar-refractivity contribution in [3.05, 3.63) is 30.0 Å². The van der Waals surface area contributed by atoms with Gasteiger partial charge in [0.2, 0.25) is 0 Å². The van der Waals surface area contributed by atoms with Crippen LogP contribution in [0.5, 0.6) is 5.75 Å². The van der Waals surface area contributed by atoms with Crippen LogP contribution in [0.1, 0.15) is 39.2 Å². The summed E-state index contributed by atoms with van der Waals surface area (Å²) in [6, 6.07) is 5.81. The summed E-state index contributed by atoms with van der Waals surface area (Å²) >= 11 is 0. The summed E-state index contributed by atoms with van der Waals surface area (Å²) < 4.78 is 5.26. The van der Waals surface area contributed by atoms with Gasteiger partial charge in [0, 0.05) is 36.1 Å². The van der Waals surface area contributed by atoms with Gasteiger partial charge in [-0.25, -0.2) is 0 Å². The van der Waals surface area contributed by atoms with Gasteiger partial charge in [0.05, 0.1) is 0 Å². The monoisotopic (exact) mass is 302 g/mol. The lowest BCUT2D eigenvalue weighted by atomic mass is 10.1. The van der Waals surface area contributed by atoms with E-state index >= 15 is 0 Å². The maximum Gasteiger partial charge on any atom is 0.310 e. The fourth-order valence-electron chi connectivity index (χ4n) is 2.66. The number of nitrogens with zero attached hydrogens (tertiary/aromatic N) is 1. The van der Waals surface area contributed by atoms with Crippen molar-refractivity contribution >= 4 is 16.9 Å². The molecule has 1 heterocycles. The van der Waals surface area contributed by atoms with E-state index in [9.17, 15) is 4.79 Å². The molecule has 1 N–H and O–H groups in total. The summed E-state index contributed by atoms with van der Waals surface area (Å²) in [6.45, 7) is 9.53. The van der Waals surface area contributed by atoms with Crippen LogP contribution in [0.15, 0.2) is 24.4 Å². The van der Waals surface area contributed by atoms with Gasteiger partial charge in [-0.1, -0.05) is 20.8 Å². The van der Waals surface area contributed by atoms with Crippen LogP contribution in [0.4, 0.5) is 0 Å². The topological polar surface area (TPSA) is 45.3 Å². The number of aromatic amines is 1. The summed E-state index contributed by atoms with van der Waals surface area (Å²) in [5.41, 5.74) is 2.34. The first-order chi connectivity index (χ1) is 10.7. The second-order valence-corrected chi connectivity index (χ2v) is 5.53. The molecule has 4 nitrogen and oxygen atoms in total. The molecule has 0 aliphatic heterocycles. The minimum atomic E-state index is -0.204. The average Bonchev–Trinajstić information content (AvgIpc) is 2.93. The van der Waals surface area contributed by atoms with Gasteiger partial charge >= 0.3 is 5.97 Å². The number of hydrogen-bond donors (Lipinski definition) is 1. The van der Waals surface area contributed by atoms with Crippen molar-refractivity contribution in [1.82, 2.24) is 9.88 Å². The number of rotatable bonds is 8. The number of likely N-dealkylation sites (N-methyl/N-ethyl adjacent to an activating group) is 1. The molecule has 0 unspecified atom stereocenters. The van der Waals surface area contributed by atoms with Gasteiger partial charge < -0.3 is 14.6 Å². The first-order valence-electron chi connectivity index (χ1n) is 8.20. The fourth-order valence-corrected chi connectivity index (χ4v) is 2.66. The molecule has 120 valence electrons. The molecule has 2 aromatic rings. The molecule has 0 aliphatic rings. The molecule has 0 amide bonds. The van der Waals surface area contributed by atoms with E-state index in [1.807, 2.05) is 18.2 Å². The van der Waals surface area contributed by atoms with Crippen LogP contribution in [0.25, 0.3) is 10.9 Å². The number of hydrogen-bond acceptors (Lipinski definition) is 3. The Morgan fingerprint density at radius 2 is 2.05 bits per heavy atom. The van der Waals surface area contributed by atoms with Crippen molar-refractivity contribution in [2.45, 2.75) is 40.0 Å². The number of aromatic nitrogens is 1. The molecule has 0 spiro atoms. The van der Waals surface area contributed by atoms with Crippen LogP contribution in [-0.2, 0) is 11.2 Å². The predicted octanol–water partition coefficient (Wildman–Crippen LogP) is 3.76. The zero-order valence-corrected chi connectivity index (χ0v) is 13.8. The lowest BCUT2D eigenvalue weighted by Crippen LogP contribution is -2.26. The Morgan fingerprint density at radius 3 is 2.73 bits per heavy atom. The molecule has 1 aromatic carbocycles. The molecule has 0 aliphatic carbocycles. The number of carbonyl (C=O) groups excluding carboxylic acids is 1. The van der Waals surface area contributed by atoms with E-state index in [1.54, 1.807) is 6.92 Å². The third kappa shape index (κ3) is 4.10. The Hall–Kier alpha value is -1.81. The van der Waals surface area contributed by atoms with E-state index < -0.39 is 0 Å². The van der Waals surface area contributed by atoms with E-state index in [4.69, 9.17) is 4.74 Å². The largest absolute Gasteiger partial charge is 0.426 e. The van der Waals surface area contributed by atoms with Crippen molar-refractivity contribution in [1.29, 1.82) is 0 Å². The molecule has 0 saturated carbocycles. The van der Waals surface area contributed by atoms with Gasteiger partial charge in [-0.2, -0.15) is 0 Å². The number of nitrogens with one attached hydrogen (secondary N) is 1. The Morgan fingerprint density at radius 1 is 1.23 bits per heavy atom. The molecule has 22 heavy (non-hydrogen) atoms. The highest BCUT2D eigenvalue weighted by Crippen LogP contribution is 2.24. The molecular formula is C18H26N2O2. The molecule has 0 saturated heterocycles. The third-order valence-corrected chi connectivity index (χ3v) is 3.94. The number of benzene rings is 1. The van der Waals surface area contributed by atoms with Crippen LogP contribution in [-0.4, -0.2) is 35.5 Å². The molecule has 4 heteroatoms. The second kappa shape index (κ2) is 7.99. The number of esters is 1. The number of carbonyl (C=O) groups is 1. The van der Waals surface area contributed by atoms with Crippen LogP contribution in [0, 0.1) is 0 Å². The highest BCUT2D eigenvalue weighted by atomic mass is 16.5. The first kappa shape index (κ1) is 16.6. The highest BCUT2D eigenvalue weighted by Gasteiger charge is 2.08. The standard InChI is InChI=1S/C18H26N2O2/c1-4-10-20(6-3)11-9-14-13-19-17-12-15(7-8-16(14)17)22-18(21)5-2/h7-8,12-13,19H,4-6,9-11H2,1-3H3. The highest BCUT2D eigenvalue weighted by molar-refractivity contribution is 5.85. The Bertz CT molecular complexity index is 619. The Kier molecular flexibility index (Phi) is 6.01. The normalized spacial score (nSPS) is 11.3. The van der Waals surface area contributed by atoms with Gasteiger partial charge in [-0.3, -0.25) is 4.79 Å². The summed E-state index contributed by atoms with van der Waals surface area (Å²) in [7, 11) is 0. The zero-order valence-electron chi connectivity index (χ0n) is 13.8. The summed E-state index contributed by atoms with van der Waals surface area (Å²) in [6.07, 6.45) is 4.67. The van der Waals surface area contributed by atoms with E-state index in [0.29, 0.717) is 12.2 Å². The maximum atomic E-state index is 11.4. The smallest absolute Gasteiger partial charge is 0.310 e. The van der Waals surface area contributed by atoms with Crippen LogP contribution in [0.3, 0.4) is 0 Å². The van der Waals surface area contributed by atoms with E-state index in [0.717, 1.165) is 31.6 Å². The van der Waals surface area contributed by atoms with Crippen LogP contribution >= 0.6 is 0 Å². The van der Waals surface area contributed by atoms with Gasteiger partial charge in [0.15, 0.2) is 0 Å².